The van der Waals surface area contributed by atoms with E-state index in [4.69, 9.17) is 14.7 Å². The molecule has 5 rings (SSSR count). The molecule has 0 saturated carbocycles. The lowest BCUT2D eigenvalue weighted by Crippen LogP contribution is -2.44. The number of hydrogen-bond acceptors (Lipinski definition) is 7. The first kappa shape index (κ1) is 28.1. The van der Waals surface area contributed by atoms with E-state index in [0.717, 1.165) is 56.8 Å². The number of rotatable bonds is 8. The second-order valence-electron chi connectivity index (χ2n) is 10.5. The Labute approximate surface area is 240 Å². The smallest absolute Gasteiger partial charge is 0.270 e. The average molecular weight is 554 g/mol. The number of amides is 2. The molecule has 9 nitrogen and oxygen atoms in total. The van der Waals surface area contributed by atoms with E-state index in [-0.39, 0.29) is 24.0 Å². The van der Waals surface area contributed by atoms with Crippen LogP contribution in [0.1, 0.15) is 57.7 Å². The van der Waals surface area contributed by atoms with E-state index in [1.807, 2.05) is 53.4 Å². The molecule has 0 bridgehead atoms. The van der Waals surface area contributed by atoms with Gasteiger partial charge in [-0.15, -0.1) is 0 Å². The zero-order chi connectivity index (χ0) is 28.6. The Kier molecular flexibility index (Phi) is 9.12. The molecule has 2 aliphatic heterocycles. The van der Waals surface area contributed by atoms with Crippen LogP contribution in [0.3, 0.4) is 0 Å². The van der Waals surface area contributed by atoms with Crippen LogP contribution in [-0.2, 0) is 6.54 Å². The Balaban J connectivity index is 1.05. The quantitative estimate of drug-likeness (QED) is 0.449. The van der Waals surface area contributed by atoms with Gasteiger partial charge in [0, 0.05) is 57.8 Å². The fourth-order valence-electron chi connectivity index (χ4n) is 5.30. The molecule has 1 aromatic heterocycles. The summed E-state index contributed by atoms with van der Waals surface area (Å²) in [7, 11) is 1.63. The molecule has 0 aliphatic carbocycles. The molecule has 2 aromatic carbocycles. The second kappa shape index (κ2) is 13.3. The highest BCUT2D eigenvalue weighted by Gasteiger charge is 2.26. The average Bonchev–Trinajstić information content (AvgIpc) is 3.03. The molecule has 1 N–H and O–H groups in total. The van der Waals surface area contributed by atoms with E-state index >= 15 is 0 Å². The number of methoxy groups -OCH3 is 1. The van der Waals surface area contributed by atoms with Gasteiger partial charge in [-0.1, -0.05) is 12.1 Å². The number of benzene rings is 2. The highest BCUT2D eigenvalue weighted by molar-refractivity contribution is 5.96. The summed E-state index contributed by atoms with van der Waals surface area (Å²) in [6.07, 6.45) is 4.76. The van der Waals surface area contributed by atoms with Crippen molar-refractivity contribution in [3.8, 4) is 17.6 Å². The summed E-state index contributed by atoms with van der Waals surface area (Å²) < 4.78 is 11.3. The molecule has 2 aliphatic rings. The maximum atomic E-state index is 13.0. The van der Waals surface area contributed by atoms with Crippen molar-refractivity contribution in [1.29, 1.82) is 5.26 Å². The SMILES string of the molecule is COc1ccc(OC2CCN(C(=O)c3ccc(C(=O)NC4CCN(Cc5ccc(C#N)cc5)CC4)nc3)CC2)cc1. The third-order valence-corrected chi connectivity index (χ3v) is 7.75. The molecular weight excluding hydrogens is 518 g/mol. The molecule has 0 radical (unpaired) electrons. The number of nitrogens with one attached hydrogen (secondary N) is 1. The van der Waals surface area contributed by atoms with Crippen LogP contribution >= 0.6 is 0 Å². The Morgan fingerprint density at radius 1 is 0.927 bits per heavy atom. The van der Waals surface area contributed by atoms with Crippen LogP contribution in [0.2, 0.25) is 0 Å². The molecule has 3 heterocycles. The van der Waals surface area contributed by atoms with Crippen LogP contribution in [-0.4, -0.2) is 72.0 Å². The minimum atomic E-state index is -0.217. The van der Waals surface area contributed by atoms with Crippen molar-refractivity contribution in [2.45, 2.75) is 44.4 Å². The topological polar surface area (TPSA) is 108 Å². The zero-order valence-corrected chi connectivity index (χ0v) is 23.3. The fraction of sp³-hybridized carbons (Fsp3) is 0.375. The van der Waals surface area contributed by atoms with E-state index in [9.17, 15) is 9.59 Å². The number of carbonyl (C=O) groups is 2. The van der Waals surface area contributed by atoms with E-state index in [1.54, 1.807) is 19.2 Å². The van der Waals surface area contributed by atoms with E-state index in [1.165, 1.54) is 11.8 Å². The maximum Gasteiger partial charge on any atom is 0.270 e. The van der Waals surface area contributed by atoms with Gasteiger partial charge in [-0.3, -0.25) is 19.5 Å². The minimum absolute atomic E-state index is 0.0551. The molecule has 212 valence electrons. The van der Waals surface area contributed by atoms with Gasteiger partial charge in [0.05, 0.1) is 24.3 Å². The number of ether oxygens (including phenoxy) is 2. The monoisotopic (exact) mass is 553 g/mol. The molecule has 2 saturated heterocycles. The van der Waals surface area contributed by atoms with Gasteiger partial charge < -0.3 is 19.7 Å². The van der Waals surface area contributed by atoms with Crippen LogP contribution in [0, 0.1) is 11.3 Å². The van der Waals surface area contributed by atoms with Crippen LogP contribution in [0.25, 0.3) is 0 Å². The molecule has 0 unspecified atom stereocenters. The van der Waals surface area contributed by atoms with Gasteiger partial charge >= 0.3 is 0 Å². The van der Waals surface area contributed by atoms with Crippen molar-refractivity contribution in [1.82, 2.24) is 20.1 Å². The van der Waals surface area contributed by atoms with Crippen molar-refractivity contribution in [3.63, 3.8) is 0 Å². The highest BCUT2D eigenvalue weighted by Crippen LogP contribution is 2.23. The predicted octanol–water partition coefficient (Wildman–Crippen LogP) is 4.04. The number of aromatic nitrogens is 1. The van der Waals surface area contributed by atoms with E-state index in [0.29, 0.717) is 29.9 Å². The van der Waals surface area contributed by atoms with Gasteiger partial charge in [-0.2, -0.15) is 5.26 Å². The van der Waals surface area contributed by atoms with Crippen molar-refractivity contribution in [2.75, 3.05) is 33.3 Å². The van der Waals surface area contributed by atoms with Crippen LogP contribution < -0.4 is 14.8 Å². The standard InChI is InChI=1S/C32H35N5O4/c1-40-27-7-9-28(10-8-27)41-29-14-18-37(19-15-29)32(39)25-6-11-30(34-21-25)31(38)35-26-12-16-36(17-13-26)22-24-4-2-23(20-33)3-5-24/h2-11,21,26,29H,12-19,22H2,1H3,(H,35,38). The first-order chi connectivity index (χ1) is 20.0. The summed E-state index contributed by atoms with van der Waals surface area (Å²) in [5.74, 6) is 1.28. The Morgan fingerprint density at radius 3 is 2.22 bits per heavy atom. The largest absolute Gasteiger partial charge is 0.497 e. The van der Waals surface area contributed by atoms with Crippen LogP contribution in [0.15, 0.2) is 66.9 Å². The fourth-order valence-corrected chi connectivity index (χ4v) is 5.30. The van der Waals surface area contributed by atoms with Gasteiger partial charge in [-0.05, 0) is 66.9 Å². The van der Waals surface area contributed by atoms with Gasteiger partial charge in [0.2, 0.25) is 0 Å². The Morgan fingerprint density at radius 2 is 1.61 bits per heavy atom. The highest BCUT2D eigenvalue weighted by atomic mass is 16.5. The van der Waals surface area contributed by atoms with Crippen molar-refractivity contribution in [3.05, 3.63) is 89.2 Å². The van der Waals surface area contributed by atoms with Gasteiger partial charge in [0.15, 0.2) is 0 Å². The molecule has 0 spiro atoms. The van der Waals surface area contributed by atoms with Crippen molar-refractivity contribution in [2.24, 2.45) is 0 Å². The molecular formula is C32H35N5O4. The summed E-state index contributed by atoms with van der Waals surface area (Å²) in [5.41, 5.74) is 2.63. The van der Waals surface area contributed by atoms with Gasteiger partial charge in [0.25, 0.3) is 11.8 Å². The van der Waals surface area contributed by atoms with Gasteiger partial charge in [0.1, 0.15) is 23.3 Å². The zero-order valence-electron chi connectivity index (χ0n) is 23.3. The molecule has 2 fully saturated rings. The Hall–Kier alpha value is -4.42. The molecule has 0 atom stereocenters. The molecule has 41 heavy (non-hydrogen) atoms. The normalized spacial score (nSPS) is 16.5. The summed E-state index contributed by atoms with van der Waals surface area (Å²) >= 11 is 0. The number of likely N-dealkylation sites (tertiary alicyclic amines) is 2. The molecule has 9 heteroatoms. The Bertz CT molecular complexity index is 1350. The third kappa shape index (κ3) is 7.41. The van der Waals surface area contributed by atoms with E-state index < -0.39 is 0 Å². The lowest BCUT2D eigenvalue weighted by molar-refractivity contribution is 0.0594. The number of pyridine rings is 1. The number of nitrogens with zero attached hydrogens (tertiary/aromatic N) is 4. The number of piperidine rings is 2. The third-order valence-electron chi connectivity index (χ3n) is 7.75. The molecule has 3 aromatic rings. The second-order valence-corrected chi connectivity index (χ2v) is 10.5. The van der Waals surface area contributed by atoms with Crippen LogP contribution in [0.5, 0.6) is 11.5 Å². The minimum Gasteiger partial charge on any atom is -0.497 e. The lowest BCUT2D eigenvalue weighted by atomic mass is 10.0. The van der Waals surface area contributed by atoms with Crippen LogP contribution in [0.4, 0.5) is 0 Å². The van der Waals surface area contributed by atoms with Crippen molar-refractivity contribution >= 4 is 11.8 Å². The number of nitriles is 1. The van der Waals surface area contributed by atoms with Gasteiger partial charge in [-0.25, -0.2) is 0 Å². The first-order valence-corrected chi connectivity index (χ1v) is 14.1. The van der Waals surface area contributed by atoms with Crippen molar-refractivity contribution < 1.29 is 19.1 Å². The number of hydrogen-bond donors (Lipinski definition) is 1. The predicted molar refractivity (Wildman–Crippen MR) is 154 cm³/mol. The first-order valence-electron chi connectivity index (χ1n) is 14.1. The summed E-state index contributed by atoms with van der Waals surface area (Å²) in [5, 5.41) is 12.1. The molecule has 2 amide bonds. The maximum absolute atomic E-state index is 13.0. The number of carbonyl (C=O) groups excluding carboxylic acids is 2. The lowest BCUT2D eigenvalue weighted by Gasteiger charge is -2.32. The van der Waals surface area contributed by atoms with E-state index in [2.05, 4.69) is 21.3 Å². The summed E-state index contributed by atoms with van der Waals surface area (Å²) in [6.45, 7) is 3.80. The summed E-state index contributed by atoms with van der Waals surface area (Å²) in [6, 6.07) is 20.7. The summed E-state index contributed by atoms with van der Waals surface area (Å²) in [4.78, 5) is 34.3.